The highest BCUT2D eigenvalue weighted by molar-refractivity contribution is 5.88. The molecule has 4 nitrogen and oxygen atoms in total. The van der Waals surface area contributed by atoms with Crippen molar-refractivity contribution < 1.29 is 14.7 Å². The van der Waals surface area contributed by atoms with Crippen molar-refractivity contribution in [2.75, 3.05) is 7.05 Å². The molecule has 2 aromatic carbocycles. The number of benzene rings is 2. The van der Waals surface area contributed by atoms with E-state index in [0.717, 1.165) is 32.1 Å². The molecule has 0 aliphatic heterocycles. The summed E-state index contributed by atoms with van der Waals surface area (Å²) in [6, 6.07) is 18.0. The number of carboxylic acid groups (broad SMARTS) is 1. The molecule has 262 valence electrons. The fourth-order valence-electron chi connectivity index (χ4n) is 13.7. The van der Waals surface area contributed by atoms with Gasteiger partial charge in [0.25, 0.3) is 0 Å². The summed E-state index contributed by atoms with van der Waals surface area (Å²) in [5, 5.41) is 9.49. The molecule has 0 heterocycles. The van der Waals surface area contributed by atoms with Gasteiger partial charge < -0.3 is 10.0 Å². The molecule has 0 unspecified atom stereocenters. The van der Waals surface area contributed by atoms with E-state index >= 15 is 0 Å². The van der Waals surface area contributed by atoms with Crippen molar-refractivity contribution in [3.63, 3.8) is 0 Å². The molecule has 2 aromatic rings. The molecule has 5 aliphatic carbocycles. The zero-order valence-electron chi connectivity index (χ0n) is 31.1. The summed E-state index contributed by atoms with van der Waals surface area (Å²) < 4.78 is 0. The van der Waals surface area contributed by atoms with E-state index in [0.29, 0.717) is 47.6 Å². The number of amides is 1. The van der Waals surface area contributed by atoms with Gasteiger partial charge in [-0.1, -0.05) is 95.3 Å². The number of aromatic carboxylic acids is 1. The fourth-order valence-corrected chi connectivity index (χ4v) is 13.7. The second-order valence-corrected chi connectivity index (χ2v) is 18.4. The van der Waals surface area contributed by atoms with Gasteiger partial charge in [0.1, 0.15) is 0 Å². The van der Waals surface area contributed by atoms with Crippen molar-refractivity contribution >= 4 is 17.4 Å². The lowest BCUT2D eigenvalue weighted by atomic mass is 9.32. The molecule has 4 fully saturated rings. The van der Waals surface area contributed by atoms with Crippen LogP contribution in [-0.4, -0.2) is 28.9 Å². The largest absolute Gasteiger partial charge is 0.478 e. The van der Waals surface area contributed by atoms with E-state index in [-0.39, 0.29) is 27.1 Å². The van der Waals surface area contributed by atoms with E-state index < -0.39 is 5.97 Å². The Balaban J connectivity index is 1.21. The number of carboxylic acids is 1. The maximum absolute atomic E-state index is 14.8. The lowest BCUT2D eigenvalue weighted by Gasteiger charge is -2.72. The van der Waals surface area contributed by atoms with E-state index in [1.165, 1.54) is 48.0 Å². The van der Waals surface area contributed by atoms with Crippen LogP contribution in [0.1, 0.15) is 121 Å². The zero-order valence-corrected chi connectivity index (χ0v) is 31.1. The van der Waals surface area contributed by atoms with Crippen LogP contribution in [0, 0.1) is 56.7 Å². The van der Waals surface area contributed by atoms with Crippen LogP contribution in [0.4, 0.5) is 0 Å². The third-order valence-corrected chi connectivity index (χ3v) is 16.1. The summed E-state index contributed by atoms with van der Waals surface area (Å²) in [5.74, 6) is 1.98. The summed E-state index contributed by atoms with van der Waals surface area (Å²) >= 11 is 0. The van der Waals surface area contributed by atoms with E-state index in [4.69, 9.17) is 0 Å². The Kier molecular flexibility index (Phi) is 8.20. The average molecular weight is 662 g/mol. The van der Waals surface area contributed by atoms with Crippen molar-refractivity contribution in [1.82, 2.24) is 4.90 Å². The normalized spacial score (nSPS) is 39.0. The molecule has 9 atom stereocenters. The maximum atomic E-state index is 14.8. The zero-order chi connectivity index (χ0) is 35.1. The van der Waals surface area contributed by atoms with Crippen molar-refractivity contribution in [1.29, 1.82) is 0 Å². The van der Waals surface area contributed by atoms with Gasteiger partial charge in [-0.15, -0.1) is 0 Å². The van der Waals surface area contributed by atoms with Crippen LogP contribution in [0.25, 0.3) is 5.57 Å². The van der Waals surface area contributed by atoms with Gasteiger partial charge in [-0.05, 0) is 145 Å². The molecule has 0 saturated heterocycles. The van der Waals surface area contributed by atoms with E-state index in [9.17, 15) is 14.7 Å². The molecule has 5 aliphatic rings. The Morgan fingerprint density at radius 2 is 1.53 bits per heavy atom. The Morgan fingerprint density at radius 1 is 0.837 bits per heavy atom. The predicted octanol–water partition coefficient (Wildman–Crippen LogP) is 10.7. The van der Waals surface area contributed by atoms with Gasteiger partial charge in [0, 0.05) is 13.6 Å². The lowest BCUT2D eigenvalue weighted by molar-refractivity contribution is -0.226. The first-order valence-corrected chi connectivity index (χ1v) is 19.1. The maximum Gasteiger partial charge on any atom is 0.335 e. The quantitative estimate of drug-likeness (QED) is 0.314. The van der Waals surface area contributed by atoms with Crippen LogP contribution in [0.3, 0.4) is 0 Å². The molecular formula is C45H59NO3. The van der Waals surface area contributed by atoms with Crippen LogP contribution in [0.2, 0.25) is 0 Å². The first kappa shape index (κ1) is 34.3. The highest BCUT2D eigenvalue weighted by Crippen LogP contribution is 2.78. The molecule has 4 saturated carbocycles. The van der Waals surface area contributed by atoms with Crippen molar-refractivity contribution in [2.45, 2.75) is 106 Å². The fraction of sp³-hybridized carbons (Fsp3) is 0.600. The van der Waals surface area contributed by atoms with Gasteiger partial charge in [0.15, 0.2) is 0 Å². The van der Waals surface area contributed by atoms with E-state index in [2.05, 4.69) is 83.4 Å². The van der Waals surface area contributed by atoms with E-state index in [1.54, 1.807) is 12.1 Å². The van der Waals surface area contributed by atoms with Crippen molar-refractivity contribution in [3.8, 4) is 0 Å². The predicted molar refractivity (Wildman–Crippen MR) is 199 cm³/mol. The number of nitrogens with zero attached hydrogens (tertiary/aromatic N) is 1. The SMILES string of the molecule is C=C(C)[C@@H]1CC[C@]2(C(=O)N(C)Cc3ccccc3)CC[C@]3(C)[C@H](CC[C@@H]4[C@@]5(C)CC=C(c6ccc(C(=O)O)cc6)C(C)(C)[C@@H]5CC[C@]43C)[C@@H]12. The highest BCUT2D eigenvalue weighted by atomic mass is 16.4. The minimum absolute atomic E-state index is 0.00913. The van der Waals surface area contributed by atoms with Gasteiger partial charge in [-0.3, -0.25) is 4.79 Å². The molecule has 0 aromatic heterocycles. The van der Waals surface area contributed by atoms with Crippen LogP contribution in [-0.2, 0) is 11.3 Å². The Hall–Kier alpha value is -3.14. The first-order chi connectivity index (χ1) is 23.1. The average Bonchev–Trinajstić information content (AvgIpc) is 3.46. The molecule has 7 rings (SSSR count). The number of rotatable bonds is 6. The Morgan fingerprint density at radius 3 is 2.18 bits per heavy atom. The molecule has 4 heteroatoms. The van der Waals surface area contributed by atoms with Gasteiger partial charge in [0.05, 0.1) is 11.0 Å². The van der Waals surface area contributed by atoms with Gasteiger partial charge in [-0.2, -0.15) is 0 Å². The van der Waals surface area contributed by atoms with Crippen LogP contribution < -0.4 is 0 Å². The summed E-state index contributed by atoms with van der Waals surface area (Å²) in [4.78, 5) is 28.4. The van der Waals surface area contributed by atoms with Crippen LogP contribution in [0.5, 0.6) is 0 Å². The molecule has 49 heavy (non-hydrogen) atoms. The first-order valence-electron chi connectivity index (χ1n) is 19.1. The van der Waals surface area contributed by atoms with Gasteiger partial charge in [0.2, 0.25) is 5.91 Å². The highest BCUT2D eigenvalue weighted by Gasteiger charge is 2.71. The number of fused-ring (bicyclic) bond motifs is 7. The second kappa shape index (κ2) is 11.7. The Labute approximate surface area is 295 Å². The van der Waals surface area contributed by atoms with Crippen molar-refractivity contribution in [3.05, 3.63) is 89.5 Å². The molecule has 0 spiro atoms. The summed E-state index contributed by atoms with van der Waals surface area (Å²) in [6.07, 6.45) is 12.7. The standard InChI is InChI=1S/C45H59NO3/c1-29(2)33-20-25-45(40(49)46(8)28-30-12-10-9-11-13-30)27-26-43(6)35(38(33)45)18-19-37-42(5)23-21-34(31-14-16-32(17-15-31)39(47)48)41(3,4)36(42)22-24-44(37,43)7/h9-17,21,33,35-38H,1,18-20,22-28H2,2-8H3,(H,47,48)/t33-,35+,36-,37+,38+,42-,43+,44+,45-/m0/s1. The third kappa shape index (κ3) is 4.89. The van der Waals surface area contributed by atoms with Crippen LogP contribution >= 0.6 is 0 Å². The smallest absolute Gasteiger partial charge is 0.335 e. The second-order valence-electron chi connectivity index (χ2n) is 18.4. The minimum atomic E-state index is -0.873. The van der Waals surface area contributed by atoms with Crippen LogP contribution in [0.15, 0.2) is 72.8 Å². The third-order valence-electron chi connectivity index (χ3n) is 16.1. The van der Waals surface area contributed by atoms with Crippen molar-refractivity contribution in [2.24, 2.45) is 56.7 Å². The lowest BCUT2D eigenvalue weighted by Crippen LogP contribution is -2.66. The summed E-state index contributed by atoms with van der Waals surface area (Å²) in [7, 11) is 2.04. The number of hydrogen-bond acceptors (Lipinski definition) is 2. The summed E-state index contributed by atoms with van der Waals surface area (Å²) in [5.41, 5.74) is 5.65. The Bertz CT molecular complexity index is 1670. The van der Waals surface area contributed by atoms with Gasteiger partial charge in [-0.25, -0.2) is 4.79 Å². The van der Waals surface area contributed by atoms with Gasteiger partial charge >= 0.3 is 5.97 Å². The molecule has 1 N–H and O–H groups in total. The molecular weight excluding hydrogens is 602 g/mol. The summed E-state index contributed by atoms with van der Waals surface area (Å²) in [6.45, 7) is 20.3. The molecule has 0 radical (unpaired) electrons. The number of allylic oxidation sites excluding steroid dienone is 3. The number of hydrogen-bond donors (Lipinski definition) is 1. The topological polar surface area (TPSA) is 57.6 Å². The molecule has 1 amide bonds. The van der Waals surface area contributed by atoms with E-state index in [1.807, 2.05) is 25.2 Å². The molecule has 0 bridgehead atoms. The monoisotopic (exact) mass is 661 g/mol. The number of carbonyl (C=O) groups excluding carboxylic acids is 1. The minimum Gasteiger partial charge on any atom is -0.478 e. The number of carbonyl (C=O) groups is 2.